The molecule has 0 radical (unpaired) electrons. The van der Waals surface area contributed by atoms with E-state index in [1.54, 1.807) is 6.07 Å². The first-order valence-corrected chi connectivity index (χ1v) is 7.05. The summed E-state index contributed by atoms with van der Waals surface area (Å²) in [5, 5.41) is 0.625. The molecule has 1 heterocycles. The molecule has 0 aliphatic carbocycles. The quantitative estimate of drug-likeness (QED) is 0.775. The Morgan fingerprint density at radius 3 is 2.89 bits per heavy atom. The zero-order valence-corrected chi connectivity index (χ0v) is 13.5. The first kappa shape index (κ1) is 16.0. The van der Waals surface area contributed by atoms with Crippen LogP contribution in [0.15, 0.2) is 18.2 Å². The van der Waals surface area contributed by atoms with Gasteiger partial charge in [0.25, 0.3) is 5.91 Å². The van der Waals surface area contributed by atoms with Gasteiger partial charge in [0.1, 0.15) is 0 Å². The van der Waals surface area contributed by atoms with E-state index in [9.17, 15) is 4.79 Å². The first-order valence-electron chi connectivity index (χ1n) is 5.59. The molecule has 1 atom stereocenters. The van der Waals surface area contributed by atoms with Gasteiger partial charge < -0.3 is 10.6 Å². The van der Waals surface area contributed by atoms with Crippen molar-refractivity contribution >= 4 is 52.5 Å². The minimum absolute atomic E-state index is 0. The number of rotatable bonds is 2. The Bertz CT molecular complexity index is 442. The highest BCUT2D eigenvalue weighted by Gasteiger charge is 2.28. The summed E-state index contributed by atoms with van der Waals surface area (Å²) >= 11 is 8.18. The molecule has 1 aliphatic rings. The maximum Gasteiger partial charge on any atom is 0.254 e. The van der Waals surface area contributed by atoms with Crippen LogP contribution < -0.4 is 5.73 Å². The van der Waals surface area contributed by atoms with Gasteiger partial charge >= 0.3 is 0 Å². The van der Waals surface area contributed by atoms with Gasteiger partial charge in [0.2, 0.25) is 0 Å². The Morgan fingerprint density at radius 2 is 2.28 bits per heavy atom. The van der Waals surface area contributed by atoms with Crippen molar-refractivity contribution in [3.8, 4) is 0 Å². The molecule has 0 aromatic heterocycles. The average molecular weight is 401 g/mol. The molecule has 3 nitrogen and oxygen atoms in total. The Kier molecular flexibility index (Phi) is 6.17. The Hall–Kier alpha value is -0.0400. The fraction of sp³-hybridized carbons (Fsp3) is 0.417. The number of hydrogen-bond donors (Lipinski definition) is 1. The van der Waals surface area contributed by atoms with Crippen LogP contribution in [0.5, 0.6) is 0 Å². The van der Waals surface area contributed by atoms with Crippen LogP contribution in [0.25, 0.3) is 0 Å². The van der Waals surface area contributed by atoms with Crippen LogP contribution in [0.2, 0.25) is 5.02 Å². The number of benzene rings is 1. The number of hydrogen-bond acceptors (Lipinski definition) is 2. The molecular formula is C12H15Cl2IN2O. The zero-order chi connectivity index (χ0) is 12.4. The highest BCUT2D eigenvalue weighted by Crippen LogP contribution is 2.23. The van der Waals surface area contributed by atoms with Crippen LogP contribution in [-0.4, -0.2) is 29.9 Å². The van der Waals surface area contributed by atoms with Crippen LogP contribution in [-0.2, 0) is 0 Å². The minimum atomic E-state index is 0. The second-order valence-electron chi connectivity index (χ2n) is 4.16. The lowest BCUT2D eigenvalue weighted by Crippen LogP contribution is -2.39. The fourth-order valence-electron chi connectivity index (χ4n) is 2.14. The van der Waals surface area contributed by atoms with Crippen molar-refractivity contribution in [1.29, 1.82) is 0 Å². The molecular weight excluding hydrogens is 386 g/mol. The lowest BCUT2D eigenvalue weighted by Gasteiger charge is -2.23. The summed E-state index contributed by atoms with van der Waals surface area (Å²) in [5.74, 6) is 0.0382. The second-order valence-corrected chi connectivity index (χ2v) is 5.73. The largest absolute Gasteiger partial charge is 0.334 e. The van der Waals surface area contributed by atoms with E-state index in [4.69, 9.17) is 17.3 Å². The topological polar surface area (TPSA) is 46.3 Å². The van der Waals surface area contributed by atoms with Crippen molar-refractivity contribution in [2.24, 2.45) is 5.73 Å². The molecule has 1 fully saturated rings. The monoisotopic (exact) mass is 400 g/mol. The summed E-state index contributed by atoms with van der Waals surface area (Å²) in [7, 11) is 0. The van der Waals surface area contributed by atoms with Crippen LogP contribution in [0.4, 0.5) is 0 Å². The van der Waals surface area contributed by atoms with Gasteiger partial charge in [-0.05, 0) is 53.6 Å². The van der Waals surface area contributed by atoms with Crippen molar-refractivity contribution in [2.45, 2.75) is 18.9 Å². The first-order chi connectivity index (χ1) is 8.13. The average Bonchev–Trinajstić information content (AvgIpc) is 2.80. The van der Waals surface area contributed by atoms with Gasteiger partial charge in [-0.2, -0.15) is 0 Å². The number of likely N-dealkylation sites (tertiary alicyclic amines) is 1. The summed E-state index contributed by atoms with van der Waals surface area (Å²) in [6.45, 7) is 1.33. The highest BCUT2D eigenvalue weighted by molar-refractivity contribution is 14.1. The maximum atomic E-state index is 12.3. The smallest absolute Gasteiger partial charge is 0.254 e. The number of nitrogens with zero attached hydrogens (tertiary/aromatic N) is 1. The number of amides is 1. The van der Waals surface area contributed by atoms with E-state index in [1.807, 2.05) is 17.0 Å². The molecule has 1 saturated heterocycles. The fourth-order valence-corrected chi connectivity index (χ4v) is 2.66. The van der Waals surface area contributed by atoms with E-state index in [1.165, 1.54) is 0 Å². The summed E-state index contributed by atoms with van der Waals surface area (Å²) in [5.41, 5.74) is 6.32. The molecule has 0 spiro atoms. The number of carbonyl (C=O) groups excluding carboxylic acids is 1. The van der Waals surface area contributed by atoms with E-state index < -0.39 is 0 Å². The molecule has 100 valence electrons. The number of carbonyl (C=O) groups is 1. The Balaban J connectivity index is 0.00000162. The summed E-state index contributed by atoms with van der Waals surface area (Å²) < 4.78 is 0.956. The van der Waals surface area contributed by atoms with Gasteiger partial charge in [-0.25, -0.2) is 0 Å². The molecule has 0 saturated carbocycles. The SMILES string of the molecule is Cl.NCC1CCCN1C(=O)c1ccc(I)c(Cl)c1. The van der Waals surface area contributed by atoms with E-state index in [2.05, 4.69) is 22.6 Å². The normalized spacial score (nSPS) is 18.6. The Morgan fingerprint density at radius 1 is 1.56 bits per heavy atom. The van der Waals surface area contributed by atoms with Gasteiger partial charge in [0.15, 0.2) is 0 Å². The molecule has 6 heteroatoms. The number of halogens is 3. The molecule has 0 bridgehead atoms. The molecule has 1 aromatic rings. The third-order valence-electron chi connectivity index (χ3n) is 3.08. The van der Waals surface area contributed by atoms with Crippen molar-refractivity contribution in [3.63, 3.8) is 0 Å². The van der Waals surface area contributed by atoms with Crippen LogP contribution >= 0.6 is 46.6 Å². The van der Waals surface area contributed by atoms with Crippen LogP contribution in [0, 0.1) is 3.57 Å². The van der Waals surface area contributed by atoms with Gasteiger partial charge in [-0.15, -0.1) is 12.4 Å². The van der Waals surface area contributed by atoms with Crippen molar-refractivity contribution in [2.75, 3.05) is 13.1 Å². The van der Waals surface area contributed by atoms with Crippen molar-refractivity contribution < 1.29 is 4.79 Å². The molecule has 1 unspecified atom stereocenters. The van der Waals surface area contributed by atoms with E-state index in [0.29, 0.717) is 17.1 Å². The van der Waals surface area contributed by atoms with E-state index in [0.717, 1.165) is 23.0 Å². The molecule has 1 amide bonds. The minimum Gasteiger partial charge on any atom is -0.334 e. The van der Waals surface area contributed by atoms with E-state index >= 15 is 0 Å². The van der Waals surface area contributed by atoms with Gasteiger partial charge in [0, 0.05) is 28.3 Å². The van der Waals surface area contributed by atoms with E-state index in [-0.39, 0.29) is 24.4 Å². The predicted octanol–water partition coefficient (Wildman–Crippen LogP) is 2.93. The molecule has 1 aliphatic heterocycles. The van der Waals surface area contributed by atoms with Crippen LogP contribution in [0.1, 0.15) is 23.2 Å². The lowest BCUT2D eigenvalue weighted by molar-refractivity contribution is 0.0741. The number of nitrogens with two attached hydrogens (primary N) is 1. The molecule has 18 heavy (non-hydrogen) atoms. The lowest BCUT2D eigenvalue weighted by atomic mass is 10.1. The molecule has 1 aromatic carbocycles. The standard InChI is InChI=1S/C12H14ClIN2O.ClH/c13-10-6-8(3-4-11(10)14)12(17)16-5-1-2-9(16)7-15;/h3-4,6,9H,1-2,5,7,15H2;1H. The maximum absolute atomic E-state index is 12.3. The molecule has 2 N–H and O–H groups in total. The summed E-state index contributed by atoms with van der Waals surface area (Å²) in [6, 6.07) is 5.60. The van der Waals surface area contributed by atoms with Gasteiger partial charge in [-0.1, -0.05) is 11.6 Å². The summed E-state index contributed by atoms with van der Waals surface area (Å²) in [4.78, 5) is 14.1. The molecule has 2 rings (SSSR count). The van der Waals surface area contributed by atoms with Gasteiger partial charge in [-0.3, -0.25) is 4.79 Å². The van der Waals surface area contributed by atoms with Crippen molar-refractivity contribution in [3.05, 3.63) is 32.4 Å². The third-order valence-corrected chi connectivity index (χ3v) is 4.65. The Labute approximate surface area is 132 Å². The summed E-state index contributed by atoms with van der Waals surface area (Å²) in [6.07, 6.45) is 2.03. The highest BCUT2D eigenvalue weighted by atomic mass is 127. The second kappa shape index (κ2) is 6.93. The van der Waals surface area contributed by atoms with Crippen molar-refractivity contribution in [1.82, 2.24) is 4.90 Å². The van der Waals surface area contributed by atoms with Gasteiger partial charge in [0.05, 0.1) is 5.02 Å². The zero-order valence-electron chi connectivity index (χ0n) is 9.73. The third kappa shape index (κ3) is 3.29. The predicted molar refractivity (Wildman–Crippen MR) is 84.5 cm³/mol. The van der Waals surface area contributed by atoms with Crippen LogP contribution in [0.3, 0.4) is 0 Å².